The lowest BCUT2D eigenvalue weighted by Crippen LogP contribution is -2.30. The molecule has 596 valence electrons. The van der Waals surface area contributed by atoms with Gasteiger partial charge in [-0.2, -0.15) is 0 Å². The van der Waals surface area contributed by atoms with E-state index in [1.54, 1.807) is 0 Å². The maximum atomic E-state index is 13.1. The van der Waals surface area contributed by atoms with E-state index in [-0.39, 0.29) is 25.7 Å². The maximum Gasteiger partial charge on any atom is 0.472 e. The summed E-state index contributed by atoms with van der Waals surface area (Å²) in [5, 5.41) is 10.6. The number of carbonyl (C=O) groups is 4. The summed E-state index contributed by atoms with van der Waals surface area (Å²) < 4.78 is 68.7. The minimum absolute atomic E-state index is 0.0858. The second-order valence-corrected chi connectivity index (χ2v) is 31.7. The molecule has 19 heteroatoms. The molecule has 0 rings (SSSR count). The first-order valence-electron chi connectivity index (χ1n) is 42.1. The third-order valence-corrected chi connectivity index (χ3v) is 20.6. The van der Waals surface area contributed by atoms with Gasteiger partial charge < -0.3 is 33.8 Å². The number of aliphatic hydroxyl groups excluding tert-OH is 1. The monoisotopic (exact) mass is 1480 g/mol. The molecule has 0 saturated heterocycles. The highest BCUT2D eigenvalue weighted by Gasteiger charge is 2.30. The van der Waals surface area contributed by atoms with Crippen LogP contribution in [0.15, 0.2) is 24.3 Å². The Hall–Kier alpha value is -2.46. The van der Waals surface area contributed by atoms with Gasteiger partial charge in [0, 0.05) is 25.7 Å². The fourth-order valence-corrected chi connectivity index (χ4v) is 13.9. The van der Waals surface area contributed by atoms with Crippen LogP contribution in [0.2, 0.25) is 0 Å². The topological polar surface area (TPSA) is 237 Å². The second-order valence-electron chi connectivity index (χ2n) is 28.8. The third-order valence-electron chi connectivity index (χ3n) is 18.7. The van der Waals surface area contributed by atoms with Crippen LogP contribution in [0.1, 0.15) is 419 Å². The van der Waals surface area contributed by atoms with Crippen molar-refractivity contribution in [1.82, 2.24) is 0 Å². The summed E-state index contributed by atoms with van der Waals surface area (Å²) in [6.07, 6.45) is 71.5. The summed E-state index contributed by atoms with van der Waals surface area (Å²) in [6.45, 7) is 4.96. The Kier molecular flexibility index (Phi) is 73.9. The summed E-state index contributed by atoms with van der Waals surface area (Å²) in [4.78, 5) is 73.0. The SMILES string of the molecule is CCCCCC/C=C\C=C/CCCCCCCC(=O)O[C@H](COC(=O)CCCCCCCCCCCC)COP(=O)(O)OC[C@H](O)COP(=O)(O)OC[C@@H](COC(=O)CCCCCCCCCCCCCCCCCCC)OC(=O)CCCCCCCCCCCCCCCCCCCCC. The quantitative estimate of drug-likeness (QED) is 0.0169. The molecule has 5 atom stereocenters. The predicted octanol–water partition coefficient (Wildman–Crippen LogP) is 24.5. The summed E-state index contributed by atoms with van der Waals surface area (Å²) in [7, 11) is -9.93. The lowest BCUT2D eigenvalue weighted by molar-refractivity contribution is -0.161. The number of unbranched alkanes of at least 4 members (excludes halogenated alkanes) is 52. The molecule has 0 aliphatic heterocycles. The predicted molar refractivity (Wildman–Crippen MR) is 414 cm³/mol. The van der Waals surface area contributed by atoms with Gasteiger partial charge in [0.25, 0.3) is 0 Å². The highest BCUT2D eigenvalue weighted by atomic mass is 31.2. The van der Waals surface area contributed by atoms with Crippen molar-refractivity contribution < 1.29 is 80.2 Å². The zero-order valence-electron chi connectivity index (χ0n) is 65.4. The van der Waals surface area contributed by atoms with E-state index < -0.39 is 97.5 Å². The molecule has 101 heavy (non-hydrogen) atoms. The number of hydrogen-bond acceptors (Lipinski definition) is 15. The molecule has 0 bridgehead atoms. The minimum atomic E-state index is -4.97. The molecule has 0 aromatic carbocycles. The molecule has 0 amide bonds. The van der Waals surface area contributed by atoms with Gasteiger partial charge in [0.15, 0.2) is 12.2 Å². The molecule has 0 aliphatic rings. The van der Waals surface area contributed by atoms with E-state index in [1.807, 2.05) is 0 Å². The summed E-state index contributed by atoms with van der Waals surface area (Å²) in [6, 6.07) is 0. The Morgan fingerprint density at radius 1 is 0.277 bits per heavy atom. The summed E-state index contributed by atoms with van der Waals surface area (Å²) >= 11 is 0. The van der Waals surface area contributed by atoms with Crippen LogP contribution in [0.5, 0.6) is 0 Å². The Morgan fingerprint density at radius 3 is 0.723 bits per heavy atom. The summed E-state index contributed by atoms with van der Waals surface area (Å²) in [5.41, 5.74) is 0. The lowest BCUT2D eigenvalue weighted by Gasteiger charge is -2.21. The first-order valence-corrected chi connectivity index (χ1v) is 45.1. The third kappa shape index (κ3) is 75.6. The van der Waals surface area contributed by atoms with Crippen molar-refractivity contribution in [2.45, 2.75) is 438 Å². The van der Waals surface area contributed by atoms with E-state index in [2.05, 4.69) is 52.0 Å². The number of hydrogen-bond donors (Lipinski definition) is 3. The van der Waals surface area contributed by atoms with Crippen molar-refractivity contribution in [2.24, 2.45) is 0 Å². The zero-order valence-corrected chi connectivity index (χ0v) is 67.2. The molecule has 0 fully saturated rings. The van der Waals surface area contributed by atoms with Crippen LogP contribution in [0.4, 0.5) is 0 Å². The molecule has 0 spiro atoms. The van der Waals surface area contributed by atoms with Crippen molar-refractivity contribution in [2.75, 3.05) is 39.6 Å². The van der Waals surface area contributed by atoms with Gasteiger partial charge in [0.1, 0.15) is 19.3 Å². The lowest BCUT2D eigenvalue weighted by atomic mass is 10.0. The van der Waals surface area contributed by atoms with Crippen molar-refractivity contribution in [1.29, 1.82) is 0 Å². The molecule has 0 saturated carbocycles. The van der Waals surface area contributed by atoms with Crippen LogP contribution in [-0.4, -0.2) is 96.7 Å². The molecule has 0 aromatic rings. The number of rotatable bonds is 81. The molecule has 2 unspecified atom stereocenters. The normalized spacial score (nSPS) is 13.9. The molecule has 0 heterocycles. The van der Waals surface area contributed by atoms with Gasteiger partial charge in [-0.1, -0.05) is 367 Å². The molecular weight excluding hydrogens is 1320 g/mol. The molecule has 3 N–H and O–H groups in total. The van der Waals surface area contributed by atoms with Crippen molar-refractivity contribution in [3.05, 3.63) is 24.3 Å². The molecule has 0 radical (unpaired) electrons. The van der Waals surface area contributed by atoms with Gasteiger partial charge >= 0.3 is 39.5 Å². The number of phosphoric ester groups is 2. The smallest absolute Gasteiger partial charge is 0.462 e. The Balaban J connectivity index is 5.26. The number of ether oxygens (including phenoxy) is 4. The highest BCUT2D eigenvalue weighted by molar-refractivity contribution is 7.47. The average Bonchev–Trinajstić information content (AvgIpc) is 1.01. The number of allylic oxidation sites excluding steroid dienone is 4. The Morgan fingerprint density at radius 2 is 0.475 bits per heavy atom. The first-order chi connectivity index (χ1) is 49.2. The number of esters is 4. The maximum absolute atomic E-state index is 13.1. The highest BCUT2D eigenvalue weighted by Crippen LogP contribution is 2.45. The standard InChI is InChI=1S/C82H156O17P2/c1-5-9-13-17-21-25-29-32-35-37-38-40-43-46-49-53-57-61-65-69-82(87)99-78(73-93-80(85)67-63-59-55-51-47-44-42-39-36-33-30-26-22-18-14-10-6-2)75-97-101(90,91)95-71-76(83)70-94-100(88,89)96-74-77(72-92-79(84)66-62-58-54-50-28-24-20-16-12-8-4)98-81(86)68-64-60-56-52-48-45-41-34-31-27-23-19-15-11-7-3/h27,31,34,41,76-78,83H,5-26,28-30,32-33,35-40,42-75H2,1-4H3,(H,88,89)(H,90,91)/b31-27-,41-34-/t76-,77+,78+/m0/s1. The fraction of sp³-hybridized carbons (Fsp3) is 0.902. The summed E-state index contributed by atoms with van der Waals surface area (Å²) in [5.74, 6) is -2.13. The van der Waals surface area contributed by atoms with Gasteiger partial charge in [-0.05, 0) is 51.4 Å². The van der Waals surface area contributed by atoms with E-state index >= 15 is 0 Å². The Labute approximate surface area is 618 Å². The molecular formula is C82H156O17P2. The van der Waals surface area contributed by atoms with E-state index in [0.717, 1.165) is 103 Å². The van der Waals surface area contributed by atoms with Crippen molar-refractivity contribution >= 4 is 39.5 Å². The van der Waals surface area contributed by atoms with Gasteiger partial charge in [-0.25, -0.2) is 9.13 Å². The van der Waals surface area contributed by atoms with Crippen LogP contribution in [0.25, 0.3) is 0 Å². The van der Waals surface area contributed by atoms with E-state index in [9.17, 15) is 43.2 Å². The Bertz CT molecular complexity index is 2010. The van der Waals surface area contributed by atoms with Crippen molar-refractivity contribution in [3.8, 4) is 0 Å². The first kappa shape index (κ1) is 98.5. The van der Waals surface area contributed by atoms with Gasteiger partial charge in [-0.15, -0.1) is 0 Å². The van der Waals surface area contributed by atoms with Gasteiger partial charge in [0.05, 0.1) is 26.4 Å². The number of aliphatic hydroxyl groups is 1. The largest absolute Gasteiger partial charge is 0.472 e. The van der Waals surface area contributed by atoms with Crippen LogP contribution in [-0.2, 0) is 65.4 Å². The molecule has 0 aliphatic carbocycles. The number of phosphoric acid groups is 2. The van der Waals surface area contributed by atoms with Crippen LogP contribution in [0, 0.1) is 0 Å². The van der Waals surface area contributed by atoms with E-state index in [1.165, 1.54) is 238 Å². The van der Waals surface area contributed by atoms with Gasteiger partial charge in [0.2, 0.25) is 0 Å². The average molecular weight is 1480 g/mol. The van der Waals surface area contributed by atoms with Crippen LogP contribution >= 0.6 is 15.6 Å². The molecule has 17 nitrogen and oxygen atoms in total. The second kappa shape index (κ2) is 75.8. The zero-order chi connectivity index (χ0) is 73.9. The molecule has 0 aromatic heterocycles. The fourth-order valence-electron chi connectivity index (χ4n) is 12.3. The van der Waals surface area contributed by atoms with Gasteiger partial charge in [-0.3, -0.25) is 37.3 Å². The van der Waals surface area contributed by atoms with E-state index in [0.29, 0.717) is 25.7 Å². The van der Waals surface area contributed by atoms with E-state index in [4.69, 9.17) is 37.0 Å². The van der Waals surface area contributed by atoms with Crippen LogP contribution in [0.3, 0.4) is 0 Å². The number of carbonyl (C=O) groups excluding carboxylic acids is 4. The van der Waals surface area contributed by atoms with Crippen molar-refractivity contribution in [3.63, 3.8) is 0 Å². The van der Waals surface area contributed by atoms with Crippen LogP contribution < -0.4 is 0 Å². The minimum Gasteiger partial charge on any atom is -0.462 e.